The lowest BCUT2D eigenvalue weighted by Crippen LogP contribution is -2.33. The molecular formula is C15H25NO3. The number of aliphatic hydroxyl groups is 1. The average molecular weight is 267 g/mol. The van der Waals surface area contributed by atoms with Crippen LogP contribution in [0.3, 0.4) is 0 Å². The highest BCUT2D eigenvalue weighted by atomic mass is 16.5. The number of allylic oxidation sites excluding steroid dienone is 1. The fourth-order valence-electron chi connectivity index (χ4n) is 1.99. The highest BCUT2D eigenvalue weighted by Gasteiger charge is 2.12. The Kier molecular flexibility index (Phi) is 8.21. The molecule has 108 valence electrons. The largest absolute Gasteiger partial charge is 0.468 e. The van der Waals surface area contributed by atoms with E-state index in [-0.39, 0.29) is 6.10 Å². The van der Waals surface area contributed by atoms with Gasteiger partial charge in [-0.25, -0.2) is 0 Å². The molecule has 1 heterocycles. The molecule has 0 aliphatic heterocycles. The van der Waals surface area contributed by atoms with Crippen molar-refractivity contribution >= 4 is 0 Å². The molecule has 1 aromatic rings. The minimum atomic E-state index is -0.324. The SMILES string of the molecule is C=CCCC(O)CN(CCCOC)Cc1ccco1. The van der Waals surface area contributed by atoms with Crippen LogP contribution in [0.4, 0.5) is 0 Å². The molecular weight excluding hydrogens is 242 g/mol. The van der Waals surface area contributed by atoms with E-state index in [4.69, 9.17) is 9.15 Å². The van der Waals surface area contributed by atoms with Crippen molar-refractivity contribution in [1.29, 1.82) is 0 Å². The highest BCUT2D eigenvalue weighted by molar-refractivity contribution is 4.98. The first-order chi connectivity index (χ1) is 9.26. The second-order valence-corrected chi connectivity index (χ2v) is 4.68. The lowest BCUT2D eigenvalue weighted by Gasteiger charge is -2.24. The van der Waals surface area contributed by atoms with Gasteiger partial charge in [0.15, 0.2) is 0 Å². The molecule has 0 aliphatic rings. The fraction of sp³-hybridized carbons (Fsp3) is 0.600. The zero-order valence-corrected chi connectivity index (χ0v) is 11.8. The summed E-state index contributed by atoms with van der Waals surface area (Å²) in [5, 5.41) is 9.98. The number of nitrogens with zero attached hydrogens (tertiary/aromatic N) is 1. The normalized spacial score (nSPS) is 12.8. The summed E-state index contributed by atoms with van der Waals surface area (Å²) in [6.45, 7) is 6.67. The number of ether oxygens (including phenoxy) is 1. The summed E-state index contributed by atoms with van der Waals surface area (Å²) in [7, 11) is 1.70. The zero-order chi connectivity index (χ0) is 13.9. The van der Waals surface area contributed by atoms with Crippen molar-refractivity contribution in [2.24, 2.45) is 0 Å². The molecule has 1 atom stereocenters. The van der Waals surface area contributed by atoms with Crippen LogP contribution in [0.25, 0.3) is 0 Å². The van der Waals surface area contributed by atoms with E-state index in [1.54, 1.807) is 13.4 Å². The molecule has 1 N–H and O–H groups in total. The molecule has 1 rings (SSSR count). The van der Waals surface area contributed by atoms with Crippen molar-refractivity contribution in [3.63, 3.8) is 0 Å². The van der Waals surface area contributed by atoms with Crippen molar-refractivity contribution in [3.8, 4) is 0 Å². The maximum Gasteiger partial charge on any atom is 0.117 e. The maximum atomic E-state index is 9.98. The van der Waals surface area contributed by atoms with Gasteiger partial charge in [-0.15, -0.1) is 6.58 Å². The predicted octanol–water partition coefficient (Wildman–Crippen LogP) is 2.45. The van der Waals surface area contributed by atoms with E-state index in [1.165, 1.54) is 0 Å². The van der Waals surface area contributed by atoms with E-state index in [2.05, 4.69) is 11.5 Å². The summed E-state index contributed by atoms with van der Waals surface area (Å²) in [6.07, 6.45) is 5.74. The lowest BCUT2D eigenvalue weighted by atomic mass is 10.2. The van der Waals surface area contributed by atoms with E-state index in [0.29, 0.717) is 6.54 Å². The van der Waals surface area contributed by atoms with Crippen LogP contribution >= 0.6 is 0 Å². The highest BCUT2D eigenvalue weighted by Crippen LogP contribution is 2.09. The van der Waals surface area contributed by atoms with Gasteiger partial charge in [0.1, 0.15) is 5.76 Å². The Bertz CT molecular complexity index is 324. The quantitative estimate of drug-likeness (QED) is 0.494. The third-order valence-electron chi connectivity index (χ3n) is 2.96. The summed E-state index contributed by atoms with van der Waals surface area (Å²) in [5.74, 6) is 0.924. The number of furan rings is 1. The Hall–Kier alpha value is -1.10. The van der Waals surface area contributed by atoms with Gasteiger partial charge in [-0.2, -0.15) is 0 Å². The van der Waals surface area contributed by atoms with Crippen LogP contribution in [-0.2, 0) is 11.3 Å². The summed E-state index contributed by atoms with van der Waals surface area (Å²) in [4.78, 5) is 2.20. The van der Waals surface area contributed by atoms with Gasteiger partial charge in [-0.3, -0.25) is 4.90 Å². The van der Waals surface area contributed by atoms with Gasteiger partial charge in [0.2, 0.25) is 0 Å². The van der Waals surface area contributed by atoms with Gasteiger partial charge in [0.25, 0.3) is 0 Å². The molecule has 19 heavy (non-hydrogen) atoms. The van der Waals surface area contributed by atoms with Gasteiger partial charge in [0.05, 0.1) is 18.9 Å². The number of aliphatic hydroxyl groups excluding tert-OH is 1. The summed E-state index contributed by atoms with van der Waals surface area (Å²) >= 11 is 0. The van der Waals surface area contributed by atoms with Gasteiger partial charge in [-0.05, 0) is 31.4 Å². The lowest BCUT2D eigenvalue weighted by molar-refractivity contribution is 0.0905. The molecule has 1 unspecified atom stereocenters. The Labute approximate surface area is 115 Å². The first-order valence-corrected chi connectivity index (χ1v) is 6.79. The second kappa shape index (κ2) is 9.78. The van der Waals surface area contributed by atoms with Crippen molar-refractivity contribution in [1.82, 2.24) is 4.90 Å². The number of hydrogen-bond donors (Lipinski definition) is 1. The van der Waals surface area contributed by atoms with Gasteiger partial charge < -0.3 is 14.3 Å². The van der Waals surface area contributed by atoms with Crippen molar-refractivity contribution in [2.75, 3.05) is 26.8 Å². The number of methoxy groups -OCH3 is 1. The molecule has 4 nitrogen and oxygen atoms in total. The van der Waals surface area contributed by atoms with Gasteiger partial charge in [0, 0.05) is 26.8 Å². The summed E-state index contributed by atoms with van der Waals surface area (Å²) < 4.78 is 10.4. The van der Waals surface area contributed by atoms with Crippen molar-refractivity contribution in [2.45, 2.75) is 31.9 Å². The first kappa shape index (κ1) is 16.0. The monoisotopic (exact) mass is 267 g/mol. The number of rotatable bonds is 11. The molecule has 0 fully saturated rings. The van der Waals surface area contributed by atoms with E-state index in [9.17, 15) is 5.11 Å². The average Bonchev–Trinajstić information content (AvgIpc) is 2.89. The molecule has 0 saturated heterocycles. The zero-order valence-electron chi connectivity index (χ0n) is 11.8. The fourth-order valence-corrected chi connectivity index (χ4v) is 1.99. The van der Waals surface area contributed by atoms with E-state index < -0.39 is 0 Å². The molecule has 0 bridgehead atoms. The standard InChI is InChI=1S/C15H25NO3/c1-3-4-7-14(17)12-16(9-6-10-18-2)13-15-8-5-11-19-15/h3,5,8,11,14,17H,1,4,6-7,9-10,12-13H2,2H3. The summed E-state index contributed by atoms with van der Waals surface area (Å²) in [5.41, 5.74) is 0. The minimum Gasteiger partial charge on any atom is -0.468 e. The smallest absolute Gasteiger partial charge is 0.117 e. The molecule has 0 radical (unpaired) electrons. The van der Waals surface area contributed by atoms with Crippen molar-refractivity contribution in [3.05, 3.63) is 36.8 Å². The number of hydrogen-bond acceptors (Lipinski definition) is 4. The third kappa shape index (κ3) is 7.15. The molecule has 0 spiro atoms. The molecule has 0 saturated carbocycles. The van der Waals surface area contributed by atoms with Crippen LogP contribution in [0.1, 0.15) is 25.0 Å². The topological polar surface area (TPSA) is 45.8 Å². The molecule has 0 amide bonds. The third-order valence-corrected chi connectivity index (χ3v) is 2.96. The van der Waals surface area contributed by atoms with Gasteiger partial charge in [-0.1, -0.05) is 6.08 Å². The molecule has 0 aliphatic carbocycles. The molecule has 4 heteroatoms. The Morgan fingerprint density at radius 1 is 1.58 bits per heavy atom. The van der Waals surface area contributed by atoms with Crippen molar-refractivity contribution < 1.29 is 14.3 Å². The molecule has 0 aromatic carbocycles. The van der Waals surface area contributed by atoms with Crippen LogP contribution < -0.4 is 0 Å². The Balaban J connectivity index is 2.40. The summed E-state index contributed by atoms with van der Waals surface area (Å²) in [6, 6.07) is 3.84. The van der Waals surface area contributed by atoms with E-state index in [0.717, 1.165) is 44.7 Å². The van der Waals surface area contributed by atoms with Crippen LogP contribution in [0.15, 0.2) is 35.5 Å². The van der Waals surface area contributed by atoms with Crippen LogP contribution in [-0.4, -0.2) is 42.9 Å². The Morgan fingerprint density at radius 2 is 2.42 bits per heavy atom. The van der Waals surface area contributed by atoms with Crippen LogP contribution in [0.5, 0.6) is 0 Å². The maximum absolute atomic E-state index is 9.98. The van der Waals surface area contributed by atoms with Gasteiger partial charge >= 0.3 is 0 Å². The van der Waals surface area contributed by atoms with E-state index in [1.807, 2.05) is 18.2 Å². The predicted molar refractivity (Wildman–Crippen MR) is 75.9 cm³/mol. The van der Waals surface area contributed by atoms with E-state index >= 15 is 0 Å². The second-order valence-electron chi connectivity index (χ2n) is 4.68. The minimum absolute atomic E-state index is 0.324. The van der Waals surface area contributed by atoms with Crippen LogP contribution in [0.2, 0.25) is 0 Å². The Morgan fingerprint density at radius 3 is 3.05 bits per heavy atom. The van der Waals surface area contributed by atoms with Crippen LogP contribution in [0, 0.1) is 0 Å². The first-order valence-electron chi connectivity index (χ1n) is 6.79. The molecule has 1 aromatic heterocycles.